The van der Waals surface area contributed by atoms with E-state index in [4.69, 9.17) is 0 Å². The summed E-state index contributed by atoms with van der Waals surface area (Å²) in [4.78, 5) is 29.4. The van der Waals surface area contributed by atoms with Gasteiger partial charge in [0.15, 0.2) is 16.3 Å². The number of hydrogen-bond donors (Lipinski definition) is 1. The van der Waals surface area contributed by atoms with Gasteiger partial charge in [-0.25, -0.2) is 9.78 Å². The summed E-state index contributed by atoms with van der Waals surface area (Å²) < 4.78 is 4.29. The summed E-state index contributed by atoms with van der Waals surface area (Å²) in [5.41, 5.74) is 0.995. The quantitative estimate of drug-likeness (QED) is 0.685. The molecular formula is C17H20N4O3S. The zero-order chi connectivity index (χ0) is 18.1. The van der Waals surface area contributed by atoms with Crippen LogP contribution in [0.4, 0.5) is 0 Å². The van der Waals surface area contributed by atoms with Crippen LogP contribution < -0.4 is 11.2 Å². The maximum Gasteiger partial charge on any atom is 0.332 e. The Morgan fingerprint density at radius 3 is 2.48 bits per heavy atom. The van der Waals surface area contributed by atoms with Gasteiger partial charge in [0.2, 0.25) is 0 Å². The van der Waals surface area contributed by atoms with Crippen LogP contribution in [-0.4, -0.2) is 35.6 Å². The number of thioether (sulfide) groups is 1. The van der Waals surface area contributed by atoms with Gasteiger partial charge in [0.25, 0.3) is 5.56 Å². The lowest BCUT2D eigenvalue weighted by Crippen LogP contribution is -2.37. The predicted octanol–water partition coefficient (Wildman–Crippen LogP) is 0.955. The molecule has 2 aromatic heterocycles. The summed E-state index contributed by atoms with van der Waals surface area (Å²) in [6.45, 7) is 2.17. The molecule has 1 N–H and O–H groups in total. The highest BCUT2D eigenvalue weighted by atomic mass is 32.2. The minimum atomic E-state index is -0.498. The third kappa shape index (κ3) is 3.27. The number of hydrogen-bond acceptors (Lipinski definition) is 5. The van der Waals surface area contributed by atoms with Crippen molar-refractivity contribution in [3.05, 3.63) is 56.7 Å². The topological polar surface area (TPSA) is 82.1 Å². The summed E-state index contributed by atoms with van der Waals surface area (Å²) in [5.74, 6) is 0.451. The molecule has 0 spiro atoms. The molecule has 2 heterocycles. The minimum absolute atomic E-state index is 0.358. The van der Waals surface area contributed by atoms with E-state index in [1.54, 1.807) is 14.0 Å². The molecule has 132 valence electrons. The molecule has 0 fully saturated rings. The fourth-order valence-electron chi connectivity index (χ4n) is 2.64. The number of aliphatic hydroxyl groups is 1. The molecule has 1 atom stereocenters. The van der Waals surface area contributed by atoms with Gasteiger partial charge in [-0.05, 0) is 12.5 Å². The molecule has 8 heteroatoms. The van der Waals surface area contributed by atoms with Gasteiger partial charge in [-0.15, -0.1) is 0 Å². The van der Waals surface area contributed by atoms with E-state index in [1.807, 2.05) is 34.9 Å². The van der Waals surface area contributed by atoms with Gasteiger partial charge in [-0.2, -0.15) is 0 Å². The number of imidazole rings is 1. The van der Waals surface area contributed by atoms with Gasteiger partial charge < -0.3 is 9.67 Å². The lowest BCUT2D eigenvalue weighted by molar-refractivity contribution is 0.220. The van der Waals surface area contributed by atoms with E-state index in [9.17, 15) is 14.7 Å². The van der Waals surface area contributed by atoms with Crippen LogP contribution in [0.1, 0.15) is 12.5 Å². The molecule has 0 aliphatic carbocycles. The average Bonchev–Trinajstić information content (AvgIpc) is 2.95. The van der Waals surface area contributed by atoms with Crippen LogP contribution in [0.25, 0.3) is 11.2 Å². The number of fused-ring (bicyclic) bond motifs is 1. The van der Waals surface area contributed by atoms with Crippen LogP contribution in [0.5, 0.6) is 0 Å². The molecule has 3 rings (SSSR count). The Hall–Kier alpha value is -2.32. The Bertz CT molecular complexity index is 1020. The predicted molar refractivity (Wildman–Crippen MR) is 98.2 cm³/mol. The van der Waals surface area contributed by atoms with Crippen molar-refractivity contribution in [2.45, 2.75) is 24.7 Å². The van der Waals surface area contributed by atoms with Crippen molar-refractivity contribution in [3.63, 3.8) is 0 Å². The van der Waals surface area contributed by atoms with Crippen molar-refractivity contribution in [1.29, 1.82) is 0 Å². The van der Waals surface area contributed by atoms with Crippen molar-refractivity contribution in [2.24, 2.45) is 14.1 Å². The maximum absolute atomic E-state index is 12.7. The Morgan fingerprint density at radius 2 is 1.84 bits per heavy atom. The Morgan fingerprint density at radius 1 is 1.16 bits per heavy atom. The Labute approximate surface area is 148 Å². The van der Waals surface area contributed by atoms with Crippen molar-refractivity contribution < 1.29 is 5.11 Å². The first-order chi connectivity index (χ1) is 11.9. The number of aryl methyl sites for hydroxylation is 1. The first-order valence-corrected chi connectivity index (χ1v) is 8.89. The van der Waals surface area contributed by atoms with Gasteiger partial charge in [0.05, 0.1) is 12.6 Å². The van der Waals surface area contributed by atoms with Gasteiger partial charge in [-0.3, -0.25) is 13.9 Å². The van der Waals surface area contributed by atoms with E-state index in [0.29, 0.717) is 28.6 Å². The lowest BCUT2D eigenvalue weighted by atomic mass is 10.2. The molecule has 0 aliphatic rings. The monoisotopic (exact) mass is 360 g/mol. The SMILES string of the molecule is CC(O)CSc1nc2c(c(=O)n(C)c(=O)n2C)n1Cc1ccccc1. The minimum Gasteiger partial charge on any atom is -0.393 e. The van der Waals surface area contributed by atoms with Crippen LogP contribution in [0.15, 0.2) is 45.1 Å². The fourth-order valence-corrected chi connectivity index (χ4v) is 3.50. The molecular weight excluding hydrogens is 340 g/mol. The highest BCUT2D eigenvalue weighted by Gasteiger charge is 2.19. The highest BCUT2D eigenvalue weighted by molar-refractivity contribution is 7.99. The van der Waals surface area contributed by atoms with E-state index in [1.165, 1.54) is 23.4 Å². The van der Waals surface area contributed by atoms with Crippen molar-refractivity contribution in [2.75, 3.05) is 5.75 Å². The van der Waals surface area contributed by atoms with Gasteiger partial charge >= 0.3 is 5.69 Å². The average molecular weight is 360 g/mol. The Kier molecular flexibility index (Phi) is 4.82. The van der Waals surface area contributed by atoms with Crippen molar-refractivity contribution >= 4 is 22.9 Å². The lowest BCUT2D eigenvalue weighted by Gasteiger charge is -2.10. The standard InChI is InChI=1S/C17H20N4O3S/c1-11(22)10-25-16-18-14-13(15(23)20(3)17(24)19(14)2)21(16)9-12-7-5-4-6-8-12/h4-8,11,22H,9-10H2,1-3H3. The number of benzene rings is 1. The zero-order valence-corrected chi connectivity index (χ0v) is 15.2. The second-order valence-electron chi connectivity index (χ2n) is 6.00. The van der Waals surface area contributed by atoms with Crippen molar-refractivity contribution in [3.8, 4) is 0 Å². The fraction of sp³-hybridized carbons (Fsp3) is 0.353. The van der Waals surface area contributed by atoms with E-state index in [-0.39, 0.29) is 5.56 Å². The highest BCUT2D eigenvalue weighted by Crippen LogP contribution is 2.23. The van der Waals surface area contributed by atoms with Crippen LogP contribution in [0, 0.1) is 0 Å². The zero-order valence-electron chi connectivity index (χ0n) is 14.3. The molecule has 0 amide bonds. The van der Waals surface area contributed by atoms with Crippen LogP contribution >= 0.6 is 11.8 Å². The molecule has 0 saturated carbocycles. The third-order valence-electron chi connectivity index (χ3n) is 3.95. The van der Waals surface area contributed by atoms with Crippen LogP contribution in [-0.2, 0) is 20.6 Å². The smallest absolute Gasteiger partial charge is 0.332 e. The molecule has 0 aliphatic heterocycles. The third-order valence-corrected chi connectivity index (χ3v) is 5.17. The second-order valence-corrected chi connectivity index (χ2v) is 6.99. The molecule has 0 bridgehead atoms. The van der Waals surface area contributed by atoms with Gasteiger partial charge in [-0.1, -0.05) is 42.1 Å². The summed E-state index contributed by atoms with van der Waals surface area (Å²) >= 11 is 1.37. The van der Waals surface area contributed by atoms with Crippen LogP contribution in [0.2, 0.25) is 0 Å². The summed E-state index contributed by atoms with van der Waals surface area (Å²) in [7, 11) is 3.07. The Balaban J connectivity index is 2.24. The van der Waals surface area contributed by atoms with Crippen molar-refractivity contribution in [1.82, 2.24) is 18.7 Å². The molecule has 1 unspecified atom stereocenters. The summed E-state index contributed by atoms with van der Waals surface area (Å²) in [6.07, 6.45) is -0.498. The largest absolute Gasteiger partial charge is 0.393 e. The normalized spacial score (nSPS) is 12.6. The number of rotatable bonds is 5. The maximum atomic E-state index is 12.7. The van der Waals surface area contributed by atoms with Gasteiger partial charge in [0, 0.05) is 19.8 Å². The first kappa shape index (κ1) is 17.5. The summed E-state index contributed by atoms with van der Waals surface area (Å²) in [6, 6.07) is 9.75. The van der Waals surface area contributed by atoms with Crippen LogP contribution in [0.3, 0.4) is 0 Å². The molecule has 25 heavy (non-hydrogen) atoms. The van der Waals surface area contributed by atoms with E-state index in [0.717, 1.165) is 10.1 Å². The molecule has 3 aromatic rings. The first-order valence-electron chi connectivity index (χ1n) is 7.91. The van der Waals surface area contributed by atoms with E-state index < -0.39 is 11.8 Å². The summed E-state index contributed by atoms with van der Waals surface area (Å²) in [5, 5.41) is 10.2. The molecule has 1 aromatic carbocycles. The molecule has 0 saturated heterocycles. The van der Waals surface area contributed by atoms with Gasteiger partial charge in [0.1, 0.15) is 0 Å². The molecule has 7 nitrogen and oxygen atoms in total. The second kappa shape index (κ2) is 6.89. The van der Waals surface area contributed by atoms with E-state index >= 15 is 0 Å². The number of aromatic nitrogens is 4. The number of nitrogens with zero attached hydrogens (tertiary/aromatic N) is 4. The molecule has 0 radical (unpaired) electrons. The number of aliphatic hydroxyl groups excluding tert-OH is 1. The van der Waals surface area contributed by atoms with E-state index in [2.05, 4.69) is 4.98 Å².